The number of aryl methyl sites for hydroxylation is 1. The van der Waals surface area contributed by atoms with Gasteiger partial charge in [-0.3, -0.25) is 0 Å². The van der Waals surface area contributed by atoms with Crippen molar-refractivity contribution in [1.82, 2.24) is 0 Å². The predicted octanol–water partition coefficient (Wildman–Crippen LogP) is 6.39. The summed E-state index contributed by atoms with van der Waals surface area (Å²) >= 11 is 6.51. The molecule has 0 bridgehead atoms. The molecule has 0 aliphatic rings. The van der Waals surface area contributed by atoms with Gasteiger partial charge in [0.25, 0.3) is 0 Å². The molecule has 0 aromatic heterocycles. The number of benzene rings is 3. The molecule has 162 valence electrons. The zero-order valence-corrected chi connectivity index (χ0v) is 18.5. The number of carboxylic acids is 1. The number of rotatable bonds is 8. The summed E-state index contributed by atoms with van der Waals surface area (Å²) in [6, 6.07) is 19.8. The van der Waals surface area contributed by atoms with Gasteiger partial charge >= 0.3 is 5.97 Å². The fraction of sp³-hybridized carbons (Fsp3) is 0.154. The Labute approximate surface area is 192 Å². The Kier molecular flexibility index (Phi) is 7.54. The Morgan fingerprint density at radius 3 is 2.31 bits per heavy atom. The van der Waals surface area contributed by atoms with Crippen LogP contribution in [0.15, 0.2) is 60.7 Å². The normalized spacial score (nSPS) is 11.0. The van der Waals surface area contributed by atoms with Crippen molar-refractivity contribution in [3.63, 3.8) is 0 Å². The highest BCUT2D eigenvalue weighted by atomic mass is 35.5. The van der Waals surface area contributed by atoms with Crippen LogP contribution in [-0.4, -0.2) is 17.7 Å². The molecule has 0 unspecified atom stereocenters. The van der Waals surface area contributed by atoms with Crippen LogP contribution in [0, 0.1) is 18.3 Å². The summed E-state index contributed by atoms with van der Waals surface area (Å²) in [7, 11) is 0. The zero-order valence-electron chi connectivity index (χ0n) is 17.8. The third-order valence-corrected chi connectivity index (χ3v) is 4.99. The van der Waals surface area contributed by atoms with Crippen molar-refractivity contribution < 1.29 is 19.4 Å². The van der Waals surface area contributed by atoms with Crippen LogP contribution in [-0.2, 0) is 6.61 Å². The third kappa shape index (κ3) is 5.69. The van der Waals surface area contributed by atoms with Crippen molar-refractivity contribution >= 4 is 29.2 Å². The van der Waals surface area contributed by atoms with Gasteiger partial charge in [0.2, 0.25) is 0 Å². The molecule has 32 heavy (non-hydrogen) atoms. The lowest BCUT2D eigenvalue weighted by molar-refractivity contribution is 0.0697. The SMILES string of the molecule is CCOc1cc(/C=C(/C#N)c2ccc(C(=O)O)cc2)cc(Cl)c1OCc1ccc(C)cc1. The van der Waals surface area contributed by atoms with Crippen LogP contribution in [0.25, 0.3) is 11.6 Å². The molecular formula is C26H22ClNO4. The molecule has 0 spiro atoms. The van der Waals surface area contributed by atoms with Crippen molar-refractivity contribution in [3.05, 3.63) is 93.5 Å². The molecule has 6 heteroatoms. The number of allylic oxidation sites excluding steroid dienone is 1. The van der Waals surface area contributed by atoms with Crippen LogP contribution in [0.1, 0.15) is 39.5 Å². The summed E-state index contributed by atoms with van der Waals surface area (Å²) in [5, 5.41) is 19.0. The van der Waals surface area contributed by atoms with Crippen LogP contribution in [0.4, 0.5) is 0 Å². The van der Waals surface area contributed by atoms with E-state index < -0.39 is 5.97 Å². The van der Waals surface area contributed by atoms with Gasteiger partial charge in [0, 0.05) is 0 Å². The predicted molar refractivity (Wildman–Crippen MR) is 125 cm³/mol. The molecule has 0 saturated heterocycles. The lowest BCUT2D eigenvalue weighted by atomic mass is 10.0. The second-order valence-corrected chi connectivity index (χ2v) is 7.50. The van der Waals surface area contributed by atoms with Gasteiger partial charge in [0.1, 0.15) is 6.61 Å². The Balaban J connectivity index is 1.90. The maximum atomic E-state index is 11.0. The average Bonchev–Trinajstić information content (AvgIpc) is 2.78. The van der Waals surface area contributed by atoms with Crippen LogP contribution >= 0.6 is 11.6 Å². The van der Waals surface area contributed by atoms with E-state index in [1.165, 1.54) is 17.7 Å². The van der Waals surface area contributed by atoms with E-state index in [1.54, 1.807) is 30.3 Å². The maximum absolute atomic E-state index is 11.0. The second-order valence-electron chi connectivity index (χ2n) is 7.09. The summed E-state index contributed by atoms with van der Waals surface area (Å²) in [6.45, 7) is 4.66. The molecule has 0 aliphatic carbocycles. The minimum Gasteiger partial charge on any atom is -0.490 e. The summed E-state index contributed by atoms with van der Waals surface area (Å²) < 4.78 is 11.7. The van der Waals surface area contributed by atoms with Crippen molar-refractivity contribution in [3.8, 4) is 17.6 Å². The van der Waals surface area contributed by atoms with Crippen LogP contribution in [0.2, 0.25) is 5.02 Å². The van der Waals surface area contributed by atoms with Crippen molar-refractivity contribution in [1.29, 1.82) is 5.26 Å². The first-order chi connectivity index (χ1) is 15.4. The number of nitrogens with zero attached hydrogens (tertiary/aromatic N) is 1. The number of carboxylic acid groups (broad SMARTS) is 1. The quantitative estimate of drug-likeness (QED) is 0.319. The Morgan fingerprint density at radius 1 is 1.06 bits per heavy atom. The summed E-state index contributed by atoms with van der Waals surface area (Å²) in [5.41, 5.74) is 3.97. The van der Waals surface area contributed by atoms with E-state index in [-0.39, 0.29) is 5.56 Å². The van der Waals surface area contributed by atoms with E-state index in [4.69, 9.17) is 26.2 Å². The number of halogens is 1. The number of carbonyl (C=O) groups is 1. The van der Waals surface area contributed by atoms with Crippen molar-refractivity contribution in [2.75, 3.05) is 6.61 Å². The first-order valence-corrected chi connectivity index (χ1v) is 10.4. The summed E-state index contributed by atoms with van der Waals surface area (Å²) in [4.78, 5) is 11.0. The molecule has 3 aromatic carbocycles. The lowest BCUT2D eigenvalue weighted by Gasteiger charge is -2.15. The standard InChI is InChI=1S/C26H22ClNO4/c1-3-31-24-14-19(12-22(15-28)20-8-10-21(11-9-20)26(29)30)13-23(27)25(24)32-16-18-6-4-17(2)5-7-18/h4-14H,3,16H2,1-2H3,(H,29,30)/b22-12-. The minimum absolute atomic E-state index is 0.155. The Morgan fingerprint density at radius 2 is 1.72 bits per heavy atom. The summed E-state index contributed by atoms with van der Waals surface area (Å²) in [5.74, 6) is -0.0964. The number of hydrogen-bond acceptors (Lipinski definition) is 4. The van der Waals surface area contributed by atoms with Gasteiger partial charge < -0.3 is 14.6 Å². The minimum atomic E-state index is -1.02. The average molecular weight is 448 g/mol. The smallest absolute Gasteiger partial charge is 0.335 e. The third-order valence-electron chi connectivity index (χ3n) is 4.71. The molecule has 0 heterocycles. The van der Waals surface area contributed by atoms with E-state index in [0.717, 1.165) is 5.56 Å². The van der Waals surface area contributed by atoms with Crippen LogP contribution in [0.5, 0.6) is 11.5 Å². The largest absolute Gasteiger partial charge is 0.490 e. The van der Waals surface area contributed by atoms with Gasteiger partial charge in [-0.2, -0.15) is 5.26 Å². The van der Waals surface area contributed by atoms with E-state index in [9.17, 15) is 10.1 Å². The van der Waals surface area contributed by atoms with Gasteiger partial charge in [-0.25, -0.2) is 4.79 Å². The Hall–Kier alpha value is -3.75. The van der Waals surface area contributed by atoms with Gasteiger partial charge in [0.05, 0.1) is 28.8 Å². The molecular weight excluding hydrogens is 426 g/mol. The molecule has 0 atom stereocenters. The number of aromatic carboxylic acids is 1. The van der Waals surface area contributed by atoms with E-state index in [2.05, 4.69) is 6.07 Å². The van der Waals surface area contributed by atoms with Gasteiger partial charge in [-0.15, -0.1) is 0 Å². The molecule has 0 amide bonds. The number of hydrogen-bond donors (Lipinski definition) is 1. The molecule has 0 radical (unpaired) electrons. The fourth-order valence-electron chi connectivity index (χ4n) is 3.05. The lowest BCUT2D eigenvalue weighted by Crippen LogP contribution is -2.01. The van der Waals surface area contributed by atoms with Gasteiger partial charge in [0.15, 0.2) is 11.5 Å². The molecule has 0 aliphatic heterocycles. The summed E-state index contributed by atoms with van der Waals surface area (Å²) in [6.07, 6.45) is 1.67. The zero-order chi connectivity index (χ0) is 23.1. The van der Waals surface area contributed by atoms with Crippen LogP contribution < -0.4 is 9.47 Å². The molecule has 3 aromatic rings. The maximum Gasteiger partial charge on any atom is 0.335 e. The highest BCUT2D eigenvalue weighted by Gasteiger charge is 2.13. The van der Waals surface area contributed by atoms with E-state index in [1.807, 2.05) is 38.1 Å². The Bertz CT molecular complexity index is 1180. The first-order valence-electron chi connectivity index (χ1n) is 10.0. The molecule has 0 fully saturated rings. The molecule has 0 saturated carbocycles. The van der Waals surface area contributed by atoms with Crippen molar-refractivity contribution in [2.45, 2.75) is 20.5 Å². The highest BCUT2D eigenvalue weighted by molar-refractivity contribution is 6.32. The molecule has 5 nitrogen and oxygen atoms in total. The van der Waals surface area contributed by atoms with Gasteiger partial charge in [-0.05, 0) is 60.9 Å². The van der Waals surface area contributed by atoms with E-state index in [0.29, 0.717) is 46.4 Å². The highest BCUT2D eigenvalue weighted by Crippen LogP contribution is 2.38. The number of nitriles is 1. The topological polar surface area (TPSA) is 79.5 Å². The van der Waals surface area contributed by atoms with Gasteiger partial charge in [-0.1, -0.05) is 53.6 Å². The first kappa shape index (κ1) is 22.9. The van der Waals surface area contributed by atoms with Crippen LogP contribution in [0.3, 0.4) is 0 Å². The fourth-order valence-corrected chi connectivity index (χ4v) is 3.33. The van der Waals surface area contributed by atoms with E-state index >= 15 is 0 Å². The second kappa shape index (κ2) is 10.5. The van der Waals surface area contributed by atoms with Crippen molar-refractivity contribution in [2.24, 2.45) is 0 Å². The molecule has 3 rings (SSSR count). The molecule has 1 N–H and O–H groups in total. The monoisotopic (exact) mass is 447 g/mol. The number of ether oxygens (including phenoxy) is 2.